The summed E-state index contributed by atoms with van der Waals surface area (Å²) in [5, 5.41) is 0. The van der Waals surface area contributed by atoms with Crippen molar-refractivity contribution in [3.63, 3.8) is 0 Å². The predicted molar refractivity (Wildman–Crippen MR) is 118 cm³/mol. The van der Waals surface area contributed by atoms with Gasteiger partial charge in [-0.2, -0.15) is 0 Å². The lowest BCUT2D eigenvalue weighted by molar-refractivity contribution is -0.136. The number of allylic oxidation sites excluding steroid dienone is 3. The molecule has 1 aliphatic heterocycles. The third-order valence-corrected chi connectivity index (χ3v) is 5.78. The second-order valence-corrected chi connectivity index (χ2v) is 7.58. The molecule has 0 spiro atoms. The molecule has 1 aliphatic carbocycles. The second-order valence-electron chi connectivity index (χ2n) is 7.58. The van der Waals surface area contributed by atoms with E-state index in [1.807, 2.05) is 30.3 Å². The van der Waals surface area contributed by atoms with Crippen LogP contribution < -0.4 is 11.2 Å². The monoisotopic (exact) mass is 436 g/mol. The number of fused-ring (bicyclic) bond motifs is 2. The van der Waals surface area contributed by atoms with Crippen LogP contribution in [0.15, 0.2) is 74.7 Å². The van der Waals surface area contributed by atoms with Crippen LogP contribution in [0.4, 0.5) is 0 Å². The Morgan fingerprint density at radius 3 is 2.34 bits per heavy atom. The quantitative estimate of drug-likeness (QED) is 0.668. The maximum atomic E-state index is 13.5. The Morgan fingerprint density at radius 1 is 1.00 bits per heavy atom. The molecule has 2 aliphatic rings. The lowest BCUT2D eigenvalue weighted by Gasteiger charge is -2.23. The molecule has 0 saturated carbocycles. The van der Waals surface area contributed by atoms with Crippen LogP contribution in [0, 0.1) is 0 Å². The van der Waals surface area contributed by atoms with E-state index in [4.69, 9.17) is 14.2 Å². The largest absolute Gasteiger partial charge is 0.497 e. The van der Waals surface area contributed by atoms with Crippen LogP contribution in [-0.4, -0.2) is 36.4 Å². The predicted octanol–water partition coefficient (Wildman–Crippen LogP) is 2.22. The number of aromatic nitrogens is 2. The smallest absolute Gasteiger partial charge is 0.335 e. The van der Waals surface area contributed by atoms with Gasteiger partial charge in [0, 0.05) is 18.9 Å². The van der Waals surface area contributed by atoms with E-state index < -0.39 is 17.2 Å². The van der Waals surface area contributed by atoms with Gasteiger partial charge in [-0.3, -0.25) is 13.9 Å². The summed E-state index contributed by atoms with van der Waals surface area (Å²) in [6, 6.07) is 10.7. The number of hydrogen-bond acceptors (Lipinski definition) is 6. The summed E-state index contributed by atoms with van der Waals surface area (Å²) in [4.78, 5) is 38.9. The fourth-order valence-corrected chi connectivity index (χ4v) is 4.13. The molecule has 8 nitrogen and oxygen atoms in total. The first-order valence-corrected chi connectivity index (χ1v) is 10.2. The molecule has 0 saturated heterocycles. The van der Waals surface area contributed by atoms with E-state index in [0.29, 0.717) is 35.6 Å². The molecule has 0 N–H and O–H groups in total. The van der Waals surface area contributed by atoms with Gasteiger partial charge in [0.25, 0.3) is 5.56 Å². The number of methoxy groups -OCH3 is 3. The molecule has 166 valence electrons. The van der Waals surface area contributed by atoms with Gasteiger partial charge in [0.2, 0.25) is 0 Å². The Morgan fingerprint density at radius 2 is 1.69 bits per heavy atom. The van der Waals surface area contributed by atoms with Crippen molar-refractivity contribution in [2.75, 3.05) is 21.3 Å². The Kier molecular flexibility index (Phi) is 5.85. The number of rotatable bonds is 5. The Hall–Kier alpha value is -3.81. The fraction of sp³-hybridized carbons (Fsp3) is 0.292. The summed E-state index contributed by atoms with van der Waals surface area (Å²) in [7, 11) is 4.41. The maximum Gasteiger partial charge on any atom is 0.335 e. The molecule has 1 aromatic carbocycles. The molecular formula is C24H24N2O6. The van der Waals surface area contributed by atoms with Crippen LogP contribution in [0.25, 0.3) is 5.57 Å². The van der Waals surface area contributed by atoms with Gasteiger partial charge in [-0.05, 0) is 22.8 Å². The summed E-state index contributed by atoms with van der Waals surface area (Å²) in [5.41, 5.74) is 2.27. The van der Waals surface area contributed by atoms with Crippen molar-refractivity contribution in [3.8, 4) is 0 Å². The van der Waals surface area contributed by atoms with Crippen LogP contribution in [0.3, 0.4) is 0 Å². The molecule has 0 unspecified atom stereocenters. The molecule has 2 aromatic rings. The van der Waals surface area contributed by atoms with E-state index in [2.05, 4.69) is 0 Å². The Labute approximate surface area is 184 Å². The van der Waals surface area contributed by atoms with E-state index >= 15 is 0 Å². The van der Waals surface area contributed by atoms with E-state index in [1.54, 1.807) is 20.3 Å². The molecular weight excluding hydrogens is 412 g/mol. The Bertz CT molecular complexity index is 1280. The van der Waals surface area contributed by atoms with Gasteiger partial charge < -0.3 is 14.2 Å². The zero-order valence-electron chi connectivity index (χ0n) is 18.2. The van der Waals surface area contributed by atoms with E-state index in [9.17, 15) is 14.4 Å². The molecule has 32 heavy (non-hydrogen) atoms. The van der Waals surface area contributed by atoms with Crippen LogP contribution in [0.5, 0.6) is 0 Å². The van der Waals surface area contributed by atoms with Crippen LogP contribution >= 0.6 is 0 Å². The van der Waals surface area contributed by atoms with Crippen LogP contribution in [0.2, 0.25) is 0 Å². The summed E-state index contributed by atoms with van der Waals surface area (Å²) in [6.45, 7) is 0.131. The molecule has 0 amide bonds. The van der Waals surface area contributed by atoms with Gasteiger partial charge in [0.05, 0.1) is 45.7 Å². The number of nitrogens with zero attached hydrogens (tertiary/aromatic N) is 2. The standard InChI is InChI=1S/C24H24N2O6/c1-30-20-10-16-9-17(23(28)32-3)14-25-19(18(16)11-21(20)31-2)12-22(27)26(24(25)29)13-15-7-5-4-6-8-15/h4-9,12H,10-11,13-14H2,1-3H3. The number of carbonyl (C=O) groups is 1. The van der Waals surface area contributed by atoms with Crippen LogP contribution in [0.1, 0.15) is 24.1 Å². The number of benzene rings is 1. The van der Waals surface area contributed by atoms with Crippen molar-refractivity contribution in [1.82, 2.24) is 9.13 Å². The minimum Gasteiger partial charge on any atom is -0.497 e. The van der Waals surface area contributed by atoms with Gasteiger partial charge in [-0.25, -0.2) is 9.59 Å². The van der Waals surface area contributed by atoms with E-state index in [0.717, 1.165) is 16.7 Å². The lowest BCUT2D eigenvalue weighted by Crippen LogP contribution is -2.41. The van der Waals surface area contributed by atoms with Gasteiger partial charge in [-0.15, -0.1) is 0 Å². The van der Waals surface area contributed by atoms with Gasteiger partial charge in [0.1, 0.15) is 11.5 Å². The van der Waals surface area contributed by atoms with Crippen LogP contribution in [-0.2, 0) is 32.1 Å². The lowest BCUT2D eigenvalue weighted by atomic mass is 9.91. The van der Waals surface area contributed by atoms with Crippen molar-refractivity contribution in [3.05, 3.63) is 97.2 Å². The van der Waals surface area contributed by atoms with Crippen molar-refractivity contribution < 1.29 is 19.0 Å². The van der Waals surface area contributed by atoms with Gasteiger partial charge in [0.15, 0.2) is 0 Å². The molecule has 0 radical (unpaired) electrons. The van der Waals surface area contributed by atoms with E-state index in [1.165, 1.54) is 22.3 Å². The summed E-state index contributed by atoms with van der Waals surface area (Å²) >= 11 is 0. The molecule has 2 heterocycles. The minimum atomic E-state index is -0.530. The first-order valence-electron chi connectivity index (χ1n) is 10.2. The zero-order valence-corrected chi connectivity index (χ0v) is 18.2. The first kappa shape index (κ1) is 21.4. The maximum absolute atomic E-state index is 13.5. The highest BCUT2D eigenvalue weighted by molar-refractivity contribution is 5.90. The molecule has 1 aromatic heterocycles. The normalized spacial score (nSPS) is 15.4. The fourth-order valence-electron chi connectivity index (χ4n) is 4.13. The highest BCUT2D eigenvalue weighted by atomic mass is 16.5. The average Bonchev–Trinajstić information content (AvgIpc) is 2.97. The number of carbonyl (C=O) groups excluding carboxylic acids is 1. The van der Waals surface area contributed by atoms with Gasteiger partial charge >= 0.3 is 11.7 Å². The van der Waals surface area contributed by atoms with Crippen molar-refractivity contribution in [1.29, 1.82) is 0 Å². The third-order valence-electron chi connectivity index (χ3n) is 5.78. The third kappa shape index (κ3) is 3.79. The first-order chi connectivity index (χ1) is 15.5. The summed E-state index contributed by atoms with van der Waals surface area (Å²) in [5.74, 6) is 0.728. The topological polar surface area (TPSA) is 88.8 Å². The van der Waals surface area contributed by atoms with Crippen molar-refractivity contribution in [2.45, 2.75) is 25.9 Å². The second kappa shape index (κ2) is 8.74. The number of hydrogen-bond donors (Lipinski definition) is 0. The number of esters is 1. The van der Waals surface area contributed by atoms with Crippen molar-refractivity contribution >= 4 is 11.5 Å². The molecule has 4 rings (SSSR count). The highest BCUT2D eigenvalue weighted by Crippen LogP contribution is 2.38. The van der Waals surface area contributed by atoms with Crippen molar-refractivity contribution in [2.24, 2.45) is 0 Å². The SMILES string of the molecule is COC(=O)C1=CC2=C(CC(OC)=C(OC)C2)c2cc(=O)n(Cc3ccccc3)c(=O)n2C1. The zero-order chi connectivity index (χ0) is 22.8. The summed E-state index contributed by atoms with van der Waals surface area (Å²) < 4.78 is 18.5. The molecule has 0 fully saturated rings. The molecule has 0 atom stereocenters. The molecule has 8 heteroatoms. The molecule has 0 bridgehead atoms. The van der Waals surface area contributed by atoms with Gasteiger partial charge in [-0.1, -0.05) is 30.3 Å². The number of ether oxygens (including phenoxy) is 3. The summed E-state index contributed by atoms with van der Waals surface area (Å²) in [6.07, 6.45) is 2.43. The average molecular weight is 436 g/mol. The highest BCUT2D eigenvalue weighted by Gasteiger charge is 2.29. The van der Waals surface area contributed by atoms with E-state index in [-0.39, 0.29) is 13.1 Å². The Balaban J connectivity index is 1.90. The minimum absolute atomic E-state index is 0.00641.